The Labute approximate surface area is 214 Å². The van der Waals surface area contributed by atoms with E-state index >= 15 is 0 Å². The van der Waals surface area contributed by atoms with Gasteiger partial charge in [-0.25, -0.2) is 4.79 Å². The first-order valence-corrected chi connectivity index (χ1v) is 12.2. The second kappa shape index (κ2) is 12.1. The van der Waals surface area contributed by atoms with Gasteiger partial charge in [0.15, 0.2) is 0 Å². The van der Waals surface area contributed by atoms with Gasteiger partial charge >= 0.3 is 24.3 Å². The summed E-state index contributed by atoms with van der Waals surface area (Å²) in [6.45, 7) is 10.9. The molecule has 1 heterocycles. The van der Waals surface area contributed by atoms with Crippen LogP contribution in [-0.2, 0) is 20.5 Å². The van der Waals surface area contributed by atoms with Crippen molar-refractivity contribution >= 4 is 39.8 Å². The molecule has 1 aromatic heterocycles. The molecule has 37 heavy (non-hydrogen) atoms. The van der Waals surface area contributed by atoms with Crippen molar-refractivity contribution in [2.24, 2.45) is 11.8 Å². The molecule has 0 aliphatic heterocycles. The van der Waals surface area contributed by atoms with Crippen molar-refractivity contribution < 1.29 is 40.7 Å². The number of nitrogens with one attached hydrogen (secondary N) is 1. The van der Waals surface area contributed by atoms with Crippen LogP contribution in [0.2, 0.25) is 0 Å². The van der Waals surface area contributed by atoms with Gasteiger partial charge in [0, 0.05) is 13.1 Å². The van der Waals surface area contributed by atoms with E-state index in [1.54, 1.807) is 25.1 Å². The number of ether oxygens (including phenoxy) is 1. The summed E-state index contributed by atoms with van der Waals surface area (Å²) in [5, 5.41) is 8.40. The van der Waals surface area contributed by atoms with Crippen LogP contribution in [0.3, 0.4) is 0 Å². The predicted octanol–water partition coefficient (Wildman–Crippen LogP) is 6.54. The number of carbonyl (C=O) groups is 2. The maximum Gasteiger partial charge on any atom is 0.491 e. The summed E-state index contributed by atoms with van der Waals surface area (Å²) in [7, 11) is 0. The molecule has 1 aromatic carbocycles. The number of alkyl halides is 6. The Morgan fingerprint density at radius 2 is 1.59 bits per heavy atom. The molecule has 0 spiro atoms. The van der Waals surface area contributed by atoms with E-state index in [1.807, 2.05) is 27.7 Å². The summed E-state index contributed by atoms with van der Waals surface area (Å²) in [5.74, 6) is -4.12. The van der Waals surface area contributed by atoms with E-state index in [9.17, 15) is 35.9 Å². The number of carbonyl (C=O) groups excluding carboxylic acids is 2. The maximum absolute atomic E-state index is 13.0. The van der Waals surface area contributed by atoms with Crippen LogP contribution in [0, 0.1) is 11.8 Å². The lowest BCUT2D eigenvalue weighted by Gasteiger charge is -2.31. The second-order valence-corrected chi connectivity index (χ2v) is 10.3. The molecule has 7 nitrogen and oxygen atoms in total. The quantitative estimate of drug-likeness (QED) is 0.203. The molecule has 0 bridgehead atoms. The summed E-state index contributed by atoms with van der Waals surface area (Å²) in [6.07, 6.45) is -10.5. The van der Waals surface area contributed by atoms with Gasteiger partial charge < -0.3 is 15.0 Å². The molecule has 14 heteroatoms. The average Bonchev–Trinajstić information content (AvgIpc) is 3.20. The summed E-state index contributed by atoms with van der Waals surface area (Å²) in [6, 6.07) is 4.97. The molecule has 0 fully saturated rings. The minimum absolute atomic E-state index is 0.109. The van der Waals surface area contributed by atoms with Gasteiger partial charge in [-0.05, 0) is 35.4 Å². The molecular weight excluding hydrogens is 526 g/mol. The van der Waals surface area contributed by atoms with Crippen LogP contribution >= 0.6 is 11.3 Å². The molecule has 1 unspecified atom stereocenters. The van der Waals surface area contributed by atoms with E-state index in [0.717, 1.165) is 0 Å². The molecule has 0 aliphatic carbocycles. The molecule has 0 amide bonds. The first kappa shape index (κ1) is 30.3. The molecule has 206 valence electrons. The van der Waals surface area contributed by atoms with Crippen molar-refractivity contribution in [1.82, 2.24) is 10.2 Å². The van der Waals surface area contributed by atoms with Crippen LogP contribution in [0.1, 0.15) is 57.5 Å². The molecule has 0 saturated heterocycles. The van der Waals surface area contributed by atoms with Crippen molar-refractivity contribution in [2.45, 2.75) is 59.3 Å². The average molecular weight is 555 g/mol. The van der Waals surface area contributed by atoms with Gasteiger partial charge in [-0.2, -0.15) is 26.3 Å². The smallest absolute Gasteiger partial charge is 0.386 e. The Morgan fingerprint density at radius 3 is 2.08 bits per heavy atom. The third-order valence-electron chi connectivity index (χ3n) is 4.92. The van der Waals surface area contributed by atoms with Crippen LogP contribution in [0.15, 0.2) is 18.2 Å². The van der Waals surface area contributed by atoms with E-state index in [1.165, 1.54) is 0 Å². The first-order chi connectivity index (χ1) is 17.0. The molecule has 1 atom stereocenters. The Balaban J connectivity index is 2.40. The number of benzene rings is 1. The molecule has 2 rings (SSSR count). The lowest BCUT2D eigenvalue weighted by atomic mass is 9.96. The summed E-state index contributed by atoms with van der Waals surface area (Å²) in [4.78, 5) is 24.9. The van der Waals surface area contributed by atoms with Gasteiger partial charge in [0.2, 0.25) is 10.1 Å². The van der Waals surface area contributed by atoms with Crippen molar-refractivity contribution in [3.8, 4) is 0 Å². The highest BCUT2D eigenvalue weighted by Gasteiger charge is 2.42. The number of hydrogen-bond acceptors (Lipinski definition) is 8. The lowest BCUT2D eigenvalue weighted by molar-refractivity contribution is -0.201. The Bertz CT molecular complexity index is 1080. The second-order valence-electron chi connectivity index (χ2n) is 9.37. The fourth-order valence-corrected chi connectivity index (χ4v) is 4.09. The number of nitrogens with zero attached hydrogens (tertiary/aromatic N) is 3. The highest BCUT2D eigenvalue weighted by molar-refractivity contribution is 7.15. The normalized spacial score (nSPS) is 13.1. The lowest BCUT2D eigenvalue weighted by Crippen LogP contribution is -2.31. The van der Waals surface area contributed by atoms with E-state index in [-0.39, 0.29) is 17.0 Å². The number of rotatable bonds is 10. The predicted molar refractivity (Wildman–Crippen MR) is 127 cm³/mol. The van der Waals surface area contributed by atoms with E-state index in [0.29, 0.717) is 41.4 Å². The van der Waals surface area contributed by atoms with Gasteiger partial charge in [-0.1, -0.05) is 52.0 Å². The van der Waals surface area contributed by atoms with Gasteiger partial charge in [0.1, 0.15) is 0 Å². The van der Waals surface area contributed by atoms with Crippen LogP contribution in [0.4, 0.5) is 42.8 Å². The molecular formula is C23H28F6N4O3S. The van der Waals surface area contributed by atoms with Crippen molar-refractivity contribution in [3.05, 3.63) is 28.8 Å². The van der Waals surface area contributed by atoms with Gasteiger partial charge in [-0.15, -0.1) is 10.2 Å². The molecule has 0 aliphatic rings. The third kappa shape index (κ3) is 9.17. The highest BCUT2D eigenvalue weighted by Crippen LogP contribution is 2.38. The topological polar surface area (TPSA) is 84.4 Å². The van der Waals surface area contributed by atoms with Crippen molar-refractivity contribution in [2.75, 3.05) is 23.3 Å². The Morgan fingerprint density at radius 1 is 1.00 bits per heavy atom. The monoisotopic (exact) mass is 554 g/mol. The van der Waals surface area contributed by atoms with Crippen molar-refractivity contribution in [1.29, 1.82) is 0 Å². The fraction of sp³-hybridized carbons (Fsp3) is 0.565. The molecule has 2 aromatic rings. The van der Waals surface area contributed by atoms with Crippen molar-refractivity contribution in [3.63, 3.8) is 0 Å². The van der Waals surface area contributed by atoms with Gasteiger partial charge in [0.05, 0.1) is 17.8 Å². The SMILES string of the molecule is CC(C)CN(CC(C)C)c1ccc(C(C)CC(=O)OC(=O)C(F)(F)F)cc1Nc1nnc(C(F)(F)F)s1. The fourth-order valence-electron chi connectivity index (χ4n) is 3.46. The van der Waals surface area contributed by atoms with Crippen LogP contribution in [0.5, 0.6) is 0 Å². The largest absolute Gasteiger partial charge is 0.491 e. The molecule has 0 saturated carbocycles. The number of aromatic nitrogens is 2. The maximum atomic E-state index is 13.0. The number of halogens is 6. The number of hydrogen-bond donors (Lipinski definition) is 1. The zero-order valence-electron chi connectivity index (χ0n) is 20.8. The zero-order chi connectivity index (χ0) is 28.1. The number of anilines is 3. The summed E-state index contributed by atoms with van der Waals surface area (Å²) in [5.41, 5.74) is 1.53. The minimum atomic E-state index is -5.30. The third-order valence-corrected chi connectivity index (χ3v) is 5.80. The van der Waals surface area contributed by atoms with Crippen LogP contribution in [-0.4, -0.2) is 41.4 Å². The van der Waals surface area contributed by atoms with Gasteiger partial charge in [0.25, 0.3) is 0 Å². The van der Waals surface area contributed by atoms with Crippen LogP contribution in [0.25, 0.3) is 0 Å². The molecule has 0 radical (unpaired) electrons. The van der Waals surface area contributed by atoms with E-state index < -0.39 is 41.6 Å². The standard InChI is InChI=1S/C23H28F6N4O3S/c1-12(2)10-33(11-13(3)4)17-7-6-15(14(5)8-18(34)36-20(35)23(27,28)29)9-16(17)30-21-32-31-19(37-21)22(24,25)26/h6-7,9,12-14H,8,10-11H2,1-5H3,(H,30,32). The highest BCUT2D eigenvalue weighted by atomic mass is 32.1. The summed E-state index contributed by atoms with van der Waals surface area (Å²) >= 11 is 0.322. The van der Waals surface area contributed by atoms with E-state index in [4.69, 9.17) is 0 Å². The summed E-state index contributed by atoms with van der Waals surface area (Å²) < 4.78 is 80.1. The van der Waals surface area contributed by atoms with E-state index in [2.05, 4.69) is 25.2 Å². The zero-order valence-corrected chi connectivity index (χ0v) is 21.6. The molecule has 1 N–H and O–H groups in total. The first-order valence-electron chi connectivity index (χ1n) is 11.4. The Kier molecular flexibility index (Phi) is 9.91. The Hall–Kier alpha value is -2.90. The van der Waals surface area contributed by atoms with Crippen LogP contribution < -0.4 is 10.2 Å². The number of esters is 2. The minimum Gasteiger partial charge on any atom is -0.386 e. The van der Waals surface area contributed by atoms with Gasteiger partial charge in [-0.3, -0.25) is 4.79 Å².